The van der Waals surface area contributed by atoms with Crippen LogP contribution in [-0.2, 0) is 0 Å². The zero-order valence-corrected chi connectivity index (χ0v) is 11.0. The molecule has 0 spiro atoms. The lowest BCUT2D eigenvalue weighted by atomic mass is 9.78. The van der Waals surface area contributed by atoms with Crippen molar-refractivity contribution in [3.63, 3.8) is 0 Å². The van der Waals surface area contributed by atoms with Crippen LogP contribution in [0.1, 0.15) is 43.6 Å². The van der Waals surface area contributed by atoms with E-state index in [9.17, 15) is 4.79 Å². The molecule has 18 heavy (non-hydrogen) atoms. The number of hydrogen-bond donors (Lipinski definition) is 1. The number of hydrogen-bond acceptors (Lipinski definition) is 3. The summed E-state index contributed by atoms with van der Waals surface area (Å²) in [5.41, 5.74) is 1.54. The van der Waals surface area contributed by atoms with Gasteiger partial charge in [-0.05, 0) is 30.4 Å². The van der Waals surface area contributed by atoms with Crippen molar-refractivity contribution >= 4 is 11.7 Å². The lowest BCUT2D eigenvalue weighted by Gasteiger charge is -2.40. The summed E-state index contributed by atoms with van der Waals surface area (Å²) in [6, 6.07) is 3.55. The van der Waals surface area contributed by atoms with Crippen molar-refractivity contribution in [3.8, 4) is 0 Å². The third-order valence-electron chi connectivity index (χ3n) is 4.15. The summed E-state index contributed by atoms with van der Waals surface area (Å²) in [6.07, 6.45) is 5.10. The molecule has 1 aromatic heterocycles. The Balaban J connectivity index is 2.10. The van der Waals surface area contributed by atoms with Gasteiger partial charge >= 0.3 is 5.97 Å². The maximum atomic E-state index is 10.9. The van der Waals surface area contributed by atoms with Crippen LogP contribution >= 0.6 is 0 Å². The average Bonchev–Trinajstić information content (AvgIpc) is 2.40. The van der Waals surface area contributed by atoms with Crippen LogP contribution in [0.2, 0.25) is 0 Å². The first kappa shape index (κ1) is 12.9. The highest BCUT2D eigenvalue weighted by Crippen LogP contribution is 2.35. The van der Waals surface area contributed by atoms with Gasteiger partial charge in [-0.1, -0.05) is 20.3 Å². The maximum Gasteiger partial charge on any atom is 0.354 e. The quantitative estimate of drug-likeness (QED) is 0.893. The second-order valence-corrected chi connectivity index (χ2v) is 5.36. The fraction of sp³-hybridized carbons (Fsp3) is 0.571. The number of carboxylic acid groups (broad SMARTS) is 1. The molecule has 4 heteroatoms. The number of carboxylic acids is 1. The van der Waals surface area contributed by atoms with Crippen LogP contribution in [-0.4, -0.2) is 29.1 Å². The topological polar surface area (TPSA) is 53.4 Å². The van der Waals surface area contributed by atoms with Gasteiger partial charge in [0.1, 0.15) is 5.69 Å². The number of aromatic nitrogens is 1. The highest BCUT2D eigenvalue weighted by Gasteiger charge is 2.28. The first-order valence-electron chi connectivity index (χ1n) is 6.48. The molecule has 1 aliphatic heterocycles. The Labute approximate surface area is 108 Å². The van der Waals surface area contributed by atoms with Crippen LogP contribution in [0.15, 0.2) is 18.3 Å². The molecule has 0 bridgehead atoms. The van der Waals surface area contributed by atoms with Crippen LogP contribution in [0.25, 0.3) is 0 Å². The Morgan fingerprint density at radius 2 is 2.17 bits per heavy atom. The largest absolute Gasteiger partial charge is 0.477 e. The predicted molar refractivity (Wildman–Crippen MR) is 71.0 cm³/mol. The van der Waals surface area contributed by atoms with Gasteiger partial charge in [0.05, 0.1) is 0 Å². The van der Waals surface area contributed by atoms with Crippen molar-refractivity contribution in [1.29, 1.82) is 0 Å². The predicted octanol–water partition coefficient (Wildman–Crippen LogP) is 2.80. The maximum absolute atomic E-state index is 10.9. The molecule has 98 valence electrons. The average molecular weight is 248 g/mol. The van der Waals surface area contributed by atoms with Gasteiger partial charge in [0.25, 0.3) is 0 Å². The van der Waals surface area contributed by atoms with Gasteiger partial charge in [-0.15, -0.1) is 0 Å². The third kappa shape index (κ3) is 2.63. The molecule has 2 rings (SSSR count). The summed E-state index contributed by atoms with van der Waals surface area (Å²) in [5, 5.41) is 8.95. The second kappa shape index (κ2) is 4.96. The third-order valence-corrected chi connectivity index (χ3v) is 4.15. The van der Waals surface area contributed by atoms with E-state index < -0.39 is 5.97 Å². The number of pyridine rings is 1. The van der Waals surface area contributed by atoms with Gasteiger partial charge in [0.15, 0.2) is 0 Å². The minimum Gasteiger partial charge on any atom is -0.477 e. The van der Waals surface area contributed by atoms with Gasteiger partial charge in [0, 0.05) is 25.0 Å². The molecule has 2 heterocycles. The number of piperidine rings is 1. The van der Waals surface area contributed by atoms with Crippen molar-refractivity contribution < 1.29 is 9.90 Å². The summed E-state index contributed by atoms with van der Waals surface area (Å²) < 4.78 is 0. The molecule has 0 aliphatic carbocycles. The van der Waals surface area contributed by atoms with Crippen molar-refractivity contribution in [1.82, 2.24) is 4.98 Å². The second-order valence-electron chi connectivity index (χ2n) is 5.36. The van der Waals surface area contributed by atoms with Crippen LogP contribution in [0, 0.1) is 5.41 Å². The summed E-state index contributed by atoms with van der Waals surface area (Å²) >= 11 is 0. The van der Waals surface area contributed by atoms with E-state index in [-0.39, 0.29) is 5.69 Å². The lowest BCUT2D eigenvalue weighted by Crippen LogP contribution is -2.38. The molecule has 1 aromatic rings. The standard InChI is InChI=1S/C14H20N2O2/c1-3-14(2)5-8-16(9-6-14)11-4-7-15-12(10-11)13(17)18/h4,7,10H,3,5-6,8-9H2,1-2H3,(H,17,18). The van der Waals surface area contributed by atoms with Crippen molar-refractivity contribution in [2.45, 2.75) is 33.1 Å². The van der Waals surface area contributed by atoms with E-state index in [1.165, 1.54) is 6.42 Å². The van der Waals surface area contributed by atoms with Gasteiger partial charge in [-0.2, -0.15) is 0 Å². The van der Waals surface area contributed by atoms with Crippen molar-refractivity contribution in [2.75, 3.05) is 18.0 Å². The number of nitrogens with zero attached hydrogens (tertiary/aromatic N) is 2. The Morgan fingerprint density at radius 3 is 2.72 bits per heavy atom. The molecule has 0 amide bonds. The fourth-order valence-corrected chi connectivity index (χ4v) is 2.39. The molecule has 0 saturated carbocycles. The van der Waals surface area contributed by atoms with E-state index in [4.69, 9.17) is 5.11 Å². The first-order chi connectivity index (χ1) is 8.54. The first-order valence-corrected chi connectivity index (χ1v) is 6.48. The number of aromatic carboxylic acids is 1. The lowest BCUT2D eigenvalue weighted by molar-refractivity contribution is 0.0690. The van der Waals surface area contributed by atoms with Gasteiger partial charge in [0.2, 0.25) is 0 Å². The zero-order chi connectivity index (χ0) is 13.2. The number of rotatable bonds is 3. The zero-order valence-electron chi connectivity index (χ0n) is 11.0. The summed E-state index contributed by atoms with van der Waals surface area (Å²) in [6.45, 7) is 6.56. The van der Waals surface area contributed by atoms with Gasteiger partial charge in [-0.3, -0.25) is 0 Å². The molecule has 1 saturated heterocycles. The highest BCUT2D eigenvalue weighted by atomic mass is 16.4. The molecule has 0 atom stereocenters. The van der Waals surface area contributed by atoms with Crippen LogP contribution in [0.5, 0.6) is 0 Å². The molecule has 1 aliphatic rings. The van der Waals surface area contributed by atoms with E-state index in [2.05, 4.69) is 23.7 Å². The van der Waals surface area contributed by atoms with Crippen LogP contribution < -0.4 is 4.90 Å². The summed E-state index contributed by atoms with van der Waals surface area (Å²) in [5.74, 6) is -0.966. The number of carbonyl (C=O) groups is 1. The Hall–Kier alpha value is -1.58. The molecule has 1 fully saturated rings. The fourth-order valence-electron chi connectivity index (χ4n) is 2.39. The molecular formula is C14H20N2O2. The van der Waals surface area contributed by atoms with Crippen LogP contribution in [0.3, 0.4) is 0 Å². The SMILES string of the molecule is CCC1(C)CCN(c2ccnc(C(=O)O)c2)CC1. The molecular weight excluding hydrogens is 228 g/mol. The molecule has 0 unspecified atom stereocenters. The summed E-state index contributed by atoms with van der Waals surface area (Å²) in [7, 11) is 0. The smallest absolute Gasteiger partial charge is 0.354 e. The van der Waals surface area contributed by atoms with Gasteiger partial charge < -0.3 is 10.0 Å². The van der Waals surface area contributed by atoms with Gasteiger partial charge in [-0.25, -0.2) is 9.78 Å². The van der Waals surface area contributed by atoms with E-state index in [1.54, 1.807) is 12.3 Å². The van der Waals surface area contributed by atoms with Crippen LogP contribution in [0.4, 0.5) is 5.69 Å². The van der Waals surface area contributed by atoms with Crippen molar-refractivity contribution in [3.05, 3.63) is 24.0 Å². The Bertz CT molecular complexity index is 437. The van der Waals surface area contributed by atoms with E-state index in [1.807, 2.05) is 6.07 Å². The molecule has 4 nitrogen and oxygen atoms in total. The Morgan fingerprint density at radius 1 is 1.50 bits per heavy atom. The molecule has 0 radical (unpaired) electrons. The van der Waals surface area contributed by atoms with E-state index in [0.717, 1.165) is 31.6 Å². The highest BCUT2D eigenvalue weighted by molar-refractivity contribution is 5.86. The molecule has 1 N–H and O–H groups in total. The minimum atomic E-state index is -0.966. The number of anilines is 1. The molecule has 0 aromatic carbocycles. The van der Waals surface area contributed by atoms with Crippen molar-refractivity contribution in [2.24, 2.45) is 5.41 Å². The van der Waals surface area contributed by atoms with E-state index in [0.29, 0.717) is 5.41 Å². The van der Waals surface area contributed by atoms with E-state index >= 15 is 0 Å². The minimum absolute atomic E-state index is 0.122. The normalized spacial score (nSPS) is 18.7. The monoisotopic (exact) mass is 248 g/mol. The Kier molecular flexibility index (Phi) is 3.55. The summed E-state index contributed by atoms with van der Waals surface area (Å²) in [4.78, 5) is 17.0.